The number of rotatable bonds is 11. The van der Waals surface area contributed by atoms with Crippen molar-refractivity contribution >= 4 is 7.60 Å². The van der Waals surface area contributed by atoms with Crippen LogP contribution in [-0.4, -0.2) is 34.6 Å². The summed E-state index contributed by atoms with van der Waals surface area (Å²) in [6.07, 6.45) is 1.67. The van der Waals surface area contributed by atoms with Crippen LogP contribution < -0.4 is 28.0 Å². The Morgan fingerprint density at radius 1 is 0.714 bits per heavy atom. The molecule has 0 aliphatic carbocycles. The van der Waals surface area contributed by atoms with E-state index in [-0.39, 0.29) is 17.7 Å². The molecule has 8 heteroatoms. The maximum atomic E-state index is 13.7. The topological polar surface area (TPSA) is 72.5 Å². The highest BCUT2D eigenvalue weighted by Gasteiger charge is 2.33. The van der Waals surface area contributed by atoms with Gasteiger partial charge in [0, 0.05) is 0 Å². The van der Waals surface area contributed by atoms with Gasteiger partial charge in [-0.05, 0) is 30.7 Å². The van der Waals surface area contributed by atoms with Gasteiger partial charge in [0.05, 0.1) is 34.6 Å². The van der Waals surface area contributed by atoms with E-state index in [9.17, 15) is 4.57 Å². The SMILES string of the molecule is CCCCP(=O)(Oc1c(OC)cccc1OC)Oc1c(OC)cccc1OC. The van der Waals surface area contributed by atoms with Gasteiger partial charge in [0.15, 0.2) is 23.0 Å². The van der Waals surface area contributed by atoms with Crippen LogP contribution in [0.1, 0.15) is 19.8 Å². The second-order valence-electron chi connectivity index (χ2n) is 5.85. The van der Waals surface area contributed by atoms with Crippen LogP contribution in [0.2, 0.25) is 0 Å². The minimum atomic E-state index is -3.66. The van der Waals surface area contributed by atoms with E-state index in [2.05, 4.69) is 0 Å². The van der Waals surface area contributed by atoms with E-state index >= 15 is 0 Å². The zero-order chi connectivity index (χ0) is 20.6. The molecule has 0 N–H and O–H groups in total. The number of hydrogen-bond donors (Lipinski definition) is 0. The van der Waals surface area contributed by atoms with Gasteiger partial charge in [-0.25, -0.2) is 4.57 Å². The summed E-state index contributed by atoms with van der Waals surface area (Å²) in [6.45, 7) is 2.00. The summed E-state index contributed by atoms with van der Waals surface area (Å²) in [6, 6.07) is 10.3. The fourth-order valence-corrected chi connectivity index (χ4v) is 4.39. The van der Waals surface area contributed by atoms with E-state index in [4.69, 9.17) is 28.0 Å². The van der Waals surface area contributed by atoms with Crippen LogP contribution in [0.15, 0.2) is 36.4 Å². The standard InChI is InChI=1S/C20H27O7P/c1-6-7-14-28(21,26-19-15(22-2)10-8-11-16(19)23-3)27-20-17(24-4)12-9-13-18(20)25-5/h8-13H,6-7,14H2,1-5H3. The lowest BCUT2D eigenvalue weighted by atomic mass is 10.3. The molecule has 0 spiro atoms. The van der Waals surface area contributed by atoms with Crippen LogP contribution in [-0.2, 0) is 4.57 Å². The van der Waals surface area contributed by atoms with Crippen LogP contribution >= 0.6 is 7.60 Å². The van der Waals surface area contributed by atoms with Crippen molar-refractivity contribution in [2.75, 3.05) is 34.6 Å². The zero-order valence-electron chi connectivity index (χ0n) is 16.9. The van der Waals surface area contributed by atoms with Crippen molar-refractivity contribution in [1.29, 1.82) is 0 Å². The number of methoxy groups -OCH3 is 4. The fourth-order valence-electron chi connectivity index (χ4n) is 2.55. The lowest BCUT2D eigenvalue weighted by Crippen LogP contribution is -2.08. The van der Waals surface area contributed by atoms with Crippen LogP contribution in [0.25, 0.3) is 0 Å². The smallest absolute Gasteiger partial charge is 0.431 e. The second-order valence-corrected chi connectivity index (χ2v) is 7.89. The predicted molar refractivity (Wildman–Crippen MR) is 108 cm³/mol. The molecule has 0 atom stereocenters. The Hall–Kier alpha value is -2.53. The van der Waals surface area contributed by atoms with E-state index in [0.29, 0.717) is 29.4 Å². The van der Waals surface area contributed by atoms with Crippen molar-refractivity contribution in [1.82, 2.24) is 0 Å². The number of ether oxygens (including phenoxy) is 4. The highest BCUT2D eigenvalue weighted by molar-refractivity contribution is 7.54. The van der Waals surface area contributed by atoms with Gasteiger partial charge in [0.25, 0.3) is 0 Å². The van der Waals surface area contributed by atoms with E-state index < -0.39 is 7.60 Å². The third kappa shape index (κ3) is 5.04. The minimum absolute atomic E-state index is 0.200. The maximum Gasteiger partial charge on any atom is 0.431 e. The molecule has 7 nitrogen and oxygen atoms in total. The van der Waals surface area contributed by atoms with Gasteiger partial charge in [-0.1, -0.05) is 25.5 Å². The Labute approximate surface area is 166 Å². The highest BCUT2D eigenvalue weighted by Crippen LogP contribution is 2.56. The maximum absolute atomic E-state index is 13.7. The summed E-state index contributed by atoms with van der Waals surface area (Å²) in [7, 11) is 2.35. The molecular weight excluding hydrogens is 383 g/mol. The highest BCUT2D eigenvalue weighted by atomic mass is 31.2. The van der Waals surface area contributed by atoms with Crippen LogP contribution in [0.4, 0.5) is 0 Å². The van der Waals surface area contributed by atoms with Gasteiger partial charge < -0.3 is 28.0 Å². The van der Waals surface area contributed by atoms with Crippen LogP contribution in [0, 0.1) is 0 Å². The van der Waals surface area contributed by atoms with Gasteiger partial charge in [-0.3, -0.25) is 0 Å². The summed E-state index contributed by atoms with van der Waals surface area (Å²) in [4.78, 5) is 0. The minimum Gasteiger partial charge on any atom is -0.493 e. The van der Waals surface area contributed by atoms with E-state index in [1.165, 1.54) is 28.4 Å². The Morgan fingerprint density at radius 2 is 1.07 bits per heavy atom. The van der Waals surface area contributed by atoms with Gasteiger partial charge in [-0.15, -0.1) is 0 Å². The Kier molecular flexibility index (Phi) is 7.88. The number of para-hydroxylation sites is 2. The Bertz CT molecular complexity index is 716. The van der Waals surface area contributed by atoms with Crippen molar-refractivity contribution in [3.8, 4) is 34.5 Å². The first-order valence-corrected chi connectivity index (χ1v) is 10.6. The summed E-state index contributed by atoms with van der Waals surface area (Å²) in [5.74, 6) is 2.03. The predicted octanol–water partition coefficient (Wildman–Crippen LogP) is 5.17. The first kappa shape index (κ1) is 21.8. The lowest BCUT2D eigenvalue weighted by Gasteiger charge is -2.24. The molecule has 0 saturated carbocycles. The summed E-state index contributed by atoms with van der Waals surface area (Å²) in [5.41, 5.74) is 0. The average molecular weight is 410 g/mol. The number of benzene rings is 2. The van der Waals surface area contributed by atoms with Gasteiger partial charge >= 0.3 is 7.60 Å². The van der Waals surface area contributed by atoms with Crippen LogP contribution in [0.5, 0.6) is 34.5 Å². The van der Waals surface area contributed by atoms with E-state index in [1.54, 1.807) is 36.4 Å². The molecule has 0 aliphatic rings. The van der Waals surface area contributed by atoms with Gasteiger partial charge in [0.2, 0.25) is 11.5 Å². The molecule has 0 saturated heterocycles. The molecule has 0 aliphatic heterocycles. The largest absolute Gasteiger partial charge is 0.493 e. The molecule has 0 radical (unpaired) electrons. The van der Waals surface area contributed by atoms with Crippen molar-refractivity contribution in [3.05, 3.63) is 36.4 Å². The summed E-state index contributed by atoms with van der Waals surface area (Å²) in [5, 5.41) is 0. The van der Waals surface area contributed by atoms with E-state index in [0.717, 1.165) is 6.42 Å². The average Bonchev–Trinajstić information content (AvgIpc) is 2.72. The monoisotopic (exact) mass is 410 g/mol. The number of unbranched alkanes of at least 4 members (excludes halogenated alkanes) is 1. The summed E-state index contributed by atoms with van der Waals surface area (Å²) < 4.78 is 47.0. The Balaban J connectivity index is 2.48. The van der Waals surface area contributed by atoms with Crippen LogP contribution in [0.3, 0.4) is 0 Å². The van der Waals surface area contributed by atoms with E-state index in [1.807, 2.05) is 6.92 Å². The summed E-state index contributed by atoms with van der Waals surface area (Å²) >= 11 is 0. The Morgan fingerprint density at radius 3 is 1.36 bits per heavy atom. The molecule has 28 heavy (non-hydrogen) atoms. The third-order valence-corrected chi connectivity index (χ3v) is 5.80. The first-order valence-electron chi connectivity index (χ1n) is 8.92. The molecule has 0 bridgehead atoms. The number of hydrogen-bond acceptors (Lipinski definition) is 7. The van der Waals surface area contributed by atoms with Crippen molar-refractivity contribution in [2.45, 2.75) is 19.8 Å². The zero-order valence-corrected chi connectivity index (χ0v) is 17.8. The normalized spacial score (nSPS) is 10.9. The molecule has 0 fully saturated rings. The molecule has 0 heterocycles. The second kappa shape index (κ2) is 10.1. The molecule has 154 valence electrons. The molecule has 2 aromatic carbocycles. The molecule has 0 unspecified atom stereocenters. The van der Waals surface area contributed by atoms with Crippen molar-refractivity contribution in [2.24, 2.45) is 0 Å². The molecule has 0 aromatic heterocycles. The quantitative estimate of drug-likeness (QED) is 0.473. The van der Waals surface area contributed by atoms with Crippen molar-refractivity contribution < 1.29 is 32.6 Å². The molecular formula is C20H27O7P. The van der Waals surface area contributed by atoms with Crippen molar-refractivity contribution in [3.63, 3.8) is 0 Å². The molecule has 2 rings (SSSR count). The molecule has 0 amide bonds. The van der Waals surface area contributed by atoms with Gasteiger partial charge in [0.1, 0.15) is 0 Å². The lowest BCUT2D eigenvalue weighted by molar-refractivity contribution is 0.319. The fraction of sp³-hybridized carbons (Fsp3) is 0.400. The third-order valence-electron chi connectivity index (χ3n) is 4.01. The van der Waals surface area contributed by atoms with Gasteiger partial charge in [-0.2, -0.15) is 0 Å². The molecule has 2 aromatic rings. The first-order chi connectivity index (χ1) is 13.5.